The summed E-state index contributed by atoms with van der Waals surface area (Å²) in [6.07, 6.45) is 0. The van der Waals surface area contributed by atoms with Crippen molar-refractivity contribution in [3.63, 3.8) is 0 Å². The zero-order chi connectivity index (χ0) is 9.03. The standard InChI is InChI=1S/C10H14OS/c1-10(2,11-3)12-9-7-5-4-6-8-9/h4-8H,1-3H3. The first-order chi connectivity index (χ1) is 5.64. The van der Waals surface area contributed by atoms with Gasteiger partial charge in [-0.05, 0) is 26.0 Å². The Morgan fingerprint density at radius 1 is 1.17 bits per heavy atom. The molecule has 0 aliphatic heterocycles. The molecule has 1 rings (SSSR count). The van der Waals surface area contributed by atoms with Gasteiger partial charge in [0.25, 0.3) is 0 Å². The van der Waals surface area contributed by atoms with Crippen LogP contribution >= 0.6 is 11.8 Å². The highest BCUT2D eigenvalue weighted by Gasteiger charge is 2.17. The lowest BCUT2D eigenvalue weighted by molar-refractivity contribution is 0.103. The van der Waals surface area contributed by atoms with E-state index in [9.17, 15) is 0 Å². The van der Waals surface area contributed by atoms with Crippen LogP contribution in [0.2, 0.25) is 0 Å². The molecule has 66 valence electrons. The van der Waals surface area contributed by atoms with Gasteiger partial charge in [-0.15, -0.1) is 0 Å². The molecular formula is C10H14OS. The van der Waals surface area contributed by atoms with Crippen LogP contribution in [0.25, 0.3) is 0 Å². The number of hydrogen-bond acceptors (Lipinski definition) is 2. The Bertz CT molecular complexity index is 231. The Labute approximate surface area is 78.1 Å². The summed E-state index contributed by atoms with van der Waals surface area (Å²) in [5.74, 6) is 0. The number of methoxy groups -OCH3 is 1. The van der Waals surface area contributed by atoms with Crippen LogP contribution in [-0.2, 0) is 4.74 Å². The van der Waals surface area contributed by atoms with Gasteiger partial charge in [0.1, 0.15) is 4.93 Å². The molecule has 1 aromatic rings. The maximum atomic E-state index is 5.30. The largest absolute Gasteiger partial charge is 0.368 e. The van der Waals surface area contributed by atoms with E-state index in [1.807, 2.05) is 18.2 Å². The second-order valence-corrected chi connectivity index (χ2v) is 4.68. The first-order valence-corrected chi connectivity index (χ1v) is 4.75. The summed E-state index contributed by atoms with van der Waals surface area (Å²) in [6, 6.07) is 10.3. The minimum atomic E-state index is -0.138. The molecule has 0 fully saturated rings. The SMILES string of the molecule is COC(C)(C)Sc1ccccc1. The van der Waals surface area contributed by atoms with Gasteiger partial charge in [0.15, 0.2) is 0 Å². The third kappa shape index (κ3) is 2.88. The number of thioether (sulfide) groups is 1. The van der Waals surface area contributed by atoms with E-state index < -0.39 is 0 Å². The van der Waals surface area contributed by atoms with E-state index in [0.717, 1.165) is 0 Å². The van der Waals surface area contributed by atoms with E-state index >= 15 is 0 Å². The summed E-state index contributed by atoms with van der Waals surface area (Å²) in [5, 5.41) is 0. The van der Waals surface area contributed by atoms with Crippen LogP contribution in [0.5, 0.6) is 0 Å². The van der Waals surface area contributed by atoms with Gasteiger partial charge in [0, 0.05) is 12.0 Å². The number of ether oxygens (including phenoxy) is 1. The van der Waals surface area contributed by atoms with E-state index in [1.54, 1.807) is 18.9 Å². The zero-order valence-corrected chi connectivity index (χ0v) is 8.52. The molecule has 0 spiro atoms. The first kappa shape index (κ1) is 9.62. The molecule has 0 amide bonds. The van der Waals surface area contributed by atoms with Crippen molar-refractivity contribution >= 4 is 11.8 Å². The molecule has 0 aromatic heterocycles. The molecule has 0 saturated carbocycles. The minimum absolute atomic E-state index is 0.138. The highest BCUT2D eigenvalue weighted by molar-refractivity contribution is 8.00. The fourth-order valence-electron chi connectivity index (χ4n) is 0.814. The lowest BCUT2D eigenvalue weighted by atomic mass is 10.4. The molecule has 0 unspecified atom stereocenters. The summed E-state index contributed by atoms with van der Waals surface area (Å²) < 4.78 is 5.30. The number of rotatable bonds is 3. The molecule has 1 nitrogen and oxygen atoms in total. The van der Waals surface area contributed by atoms with E-state index in [2.05, 4.69) is 26.0 Å². The Morgan fingerprint density at radius 2 is 1.75 bits per heavy atom. The average molecular weight is 182 g/mol. The molecule has 0 saturated heterocycles. The second-order valence-electron chi connectivity index (χ2n) is 3.02. The van der Waals surface area contributed by atoms with Gasteiger partial charge in [0.05, 0.1) is 0 Å². The summed E-state index contributed by atoms with van der Waals surface area (Å²) in [6.45, 7) is 4.12. The first-order valence-electron chi connectivity index (χ1n) is 3.93. The Balaban J connectivity index is 2.64. The maximum absolute atomic E-state index is 5.30. The van der Waals surface area contributed by atoms with Crippen LogP contribution < -0.4 is 0 Å². The van der Waals surface area contributed by atoms with E-state index in [1.165, 1.54) is 4.90 Å². The fraction of sp³-hybridized carbons (Fsp3) is 0.400. The highest BCUT2D eigenvalue weighted by Crippen LogP contribution is 2.32. The lowest BCUT2D eigenvalue weighted by Crippen LogP contribution is -2.16. The van der Waals surface area contributed by atoms with Crippen molar-refractivity contribution in [1.82, 2.24) is 0 Å². The van der Waals surface area contributed by atoms with Crippen molar-refractivity contribution in [2.24, 2.45) is 0 Å². The van der Waals surface area contributed by atoms with E-state index in [0.29, 0.717) is 0 Å². The van der Waals surface area contributed by atoms with Gasteiger partial charge >= 0.3 is 0 Å². The summed E-state index contributed by atoms with van der Waals surface area (Å²) in [4.78, 5) is 1.10. The van der Waals surface area contributed by atoms with Crippen LogP contribution in [0.3, 0.4) is 0 Å². The zero-order valence-electron chi connectivity index (χ0n) is 7.70. The molecule has 0 bridgehead atoms. The molecule has 0 aliphatic carbocycles. The van der Waals surface area contributed by atoms with Crippen molar-refractivity contribution < 1.29 is 4.74 Å². The normalized spacial score (nSPS) is 11.6. The quantitative estimate of drug-likeness (QED) is 0.524. The third-order valence-electron chi connectivity index (χ3n) is 1.60. The summed E-state index contributed by atoms with van der Waals surface area (Å²) >= 11 is 1.72. The van der Waals surface area contributed by atoms with Crippen LogP contribution in [0.1, 0.15) is 13.8 Å². The number of hydrogen-bond donors (Lipinski definition) is 0. The smallest absolute Gasteiger partial charge is 0.112 e. The molecule has 0 atom stereocenters. The molecule has 1 aromatic carbocycles. The van der Waals surface area contributed by atoms with Crippen molar-refractivity contribution in [2.75, 3.05) is 7.11 Å². The fourth-order valence-corrected chi connectivity index (χ4v) is 1.76. The lowest BCUT2D eigenvalue weighted by Gasteiger charge is -2.21. The van der Waals surface area contributed by atoms with E-state index in [4.69, 9.17) is 4.74 Å². The topological polar surface area (TPSA) is 9.23 Å². The Kier molecular flexibility index (Phi) is 3.18. The van der Waals surface area contributed by atoms with Gasteiger partial charge in [-0.2, -0.15) is 0 Å². The molecule has 0 N–H and O–H groups in total. The van der Waals surface area contributed by atoms with Crippen molar-refractivity contribution in [3.05, 3.63) is 30.3 Å². The molecule has 0 heterocycles. The summed E-state index contributed by atoms with van der Waals surface area (Å²) in [7, 11) is 1.73. The van der Waals surface area contributed by atoms with Gasteiger partial charge in [-0.1, -0.05) is 30.0 Å². The molecule has 2 heteroatoms. The van der Waals surface area contributed by atoms with Gasteiger partial charge < -0.3 is 4.74 Å². The van der Waals surface area contributed by atoms with Crippen LogP contribution in [-0.4, -0.2) is 12.0 Å². The Hall–Kier alpha value is -0.470. The monoisotopic (exact) mass is 182 g/mol. The predicted octanol–water partition coefficient (Wildman–Crippen LogP) is 3.16. The average Bonchev–Trinajstić information content (AvgIpc) is 2.06. The molecule has 12 heavy (non-hydrogen) atoms. The van der Waals surface area contributed by atoms with E-state index in [-0.39, 0.29) is 4.93 Å². The maximum Gasteiger partial charge on any atom is 0.112 e. The molecule has 0 radical (unpaired) electrons. The third-order valence-corrected chi connectivity index (χ3v) is 2.76. The van der Waals surface area contributed by atoms with Gasteiger partial charge in [-0.3, -0.25) is 0 Å². The van der Waals surface area contributed by atoms with Crippen LogP contribution in [0, 0.1) is 0 Å². The predicted molar refractivity (Wildman–Crippen MR) is 53.4 cm³/mol. The molecular weight excluding hydrogens is 168 g/mol. The Morgan fingerprint density at radius 3 is 2.25 bits per heavy atom. The molecule has 0 aliphatic rings. The summed E-state index contributed by atoms with van der Waals surface area (Å²) in [5.41, 5.74) is 0. The van der Waals surface area contributed by atoms with Crippen LogP contribution in [0.15, 0.2) is 35.2 Å². The van der Waals surface area contributed by atoms with Crippen molar-refractivity contribution in [2.45, 2.75) is 23.7 Å². The van der Waals surface area contributed by atoms with Gasteiger partial charge in [-0.25, -0.2) is 0 Å². The van der Waals surface area contributed by atoms with Crippen molar-refractivity contribution in [1.29, 1.82) is 0 Å². The second kappa shape index (κ2) is 3.97. The van der Waals surface area contributed by atoms with Gasteiger partial charge in [0.2, 0.25) is 0 Å². The number of benzene rings is 1. The minimum Gasteiger partial charge on any atom is -0.368 e. The van der Waals surface area contributed by atoms with Crippen LogP contribution in [0.4, 0.5) is 0 Å². The highest BCUT2D eigenvalue weighted by atomic mass is 32.2. The van der Waals surface area contributed by atoms with Crippen molar-refractivity contribution in [3.8, 4) is 0 Å².